The van der Waals surface area contributed by atoms with Gasteiger partial charge in [0.1, 0.15) is 0 Å². The molecule has 0 saturated carbocycles. The zero-order valence-electron chi connectivity index (χ0n) is 27.5. The molecule has 4 N–H and O–H groups in total. The topological polar surface area (TPSA) is 89.8 Å². The molecule has 0 aliphatic heterocycles. The van der Waals surface area contributed by atoms with Gasteiger partial charge in [-0.25, -0.2) is 0 Å². The zero-order chi connectivity index (χ0) is 31.1. The third-order valence-electron chi connectivity index (χ3n) is 7.81. The van der Waals surface area contributed by atoms with Crippen molar-refractivity contribution in [2.24, 2.45) is 5.92 Å². The van der Waals surface area contributed by atoms with Gasteiger partial charge in [0.05, 0.1) is 18.8 Å². The van der Waals surface area contributed by atoms with Crippen molar-refractivity contribution in [1.82, 2.24) is 5.32 Å². The average molecular weight is 590 g/mol. The molecule has 244 valence electrons. The van der Waals surface area contributed by atoms with Crippen LogP contribution in [0.5, 0.6) is 0 Å². The fourth-order valence-electron chi connectivity index (χ4n) is 5.05. The highest BCUT2D eigenvalue weighted by Gasteiger charge is 2.21. The van der Waals surface area contributed by atoms with Gasteiger partial charge in [0, 0.05) is 0 Å². The van der Waals surface area contributed by atoms with Crippen molar-refractivity contribution in [3.05, 3.63) is 48.6 Å². The minimum absolute atomic E-state index is 0.408. The fraction of sp³-hybridized carbons (Fsp3) is 0.757. The summed E-state index contributed by atoms with van der Waals surface area (Å²) in [6.07, 6.45) is 37.1. The van der Waals surface area contributed by atoms with Crippen molar-refractivity contribution in [3.63, 3.8) is 0 Å². The summed E-state index contributed by atoms with van der Waals surface area (Å²) in [6, 6.07) is -0.854. The van der Waals surface area contributed by atoms with Crippen molar-refractivity contribution < 1.29 is 20.1 Å². The third-order valence-corrected chi connectivity index (χ3v) is 7.81. The number of nitrogens with one attached hydrogen (secondary N) is 1. The van der Waals surface area contributed by atoms with Crippen LogP contribution < -0.4 is 5.32 Å². The van der Waals surface area contributed by atoms with Crippen LogP contribution in [0.25, 0.3) is 0 Å². The monoisotopic (exact) mass is 590 g/mol. The normalized spacial score (nSPS) is 15.3. The lowest BCUT2D eigenvalue weighted by atomic mass is 9.98. The van der Waals surface area contributed by atoms with E-state index in [0.717, 1.165) is 44.4 Å². The number of hydrogen-bond acceptors (Lipinski definition) is 4. The Hall–Kier alpha value is -1.69. The Kier molecular flexibility index (Phi) is 29.5. The lowest BCUT2D eigenvalue weighted by molar-refractivity contribution is -0.128. The first kappa shape index (κ1) is 40.3. The highest BCUT2D eigenvalue weighted by molar-refractivity contribution is 5.82. The Morgan fingerprint density at radius 2 is 1.17 bits per heavy atom. The average Bonchev–Trinajstić information content (AvgIpc) is 2.98. The zero-order valence-corrected chi connectivity index (χ0v) is 27.5. The summed E-state index contributed by atoms with van der Waals surface area (Å²) in [5.41, 5.74) is 0. The van der Waals surface area contributed by atoms with E-state index in [1.165, 1.54) is 96.0 Å². The molecule has 0 aliphatic rings. The summed E-state index contributed by atoms with van der Waals surface area (Å²) in [5, 5.41) is 32.7. The molecule has 1 amide bonds. The van der Waals surface area contributed by atoms with Crippen LogP contribution in [0.15, 0.2) is 48.6 Å². The summed E-state index contributed by atoms with van der Waals surface area (Å²) >= 11 is 0. The van der Waals surface area contributed by atoms with Gasteiger partial charge in [-0.05, 0) is 44.4 Å². The van der Waals surface area contributed by atoms with Crippen molar-refractivity contribution >= 4 is 5.91 Å². The SMILES string of the molecule is CCCCCCC/C=C/C=C/CC/C=C/[C@@H](O)[C@H](CO)NC(=O)[C@H](O)/C=C/CCCCCCCCCCC(C)CCC. The van der Waals surface area contributed by atoms with Crippen molar-refractivity contribution in [1.29, 1.82) is 0 Å². The van der Waals surface area contributed by atoms with Crippen LogP contribution in [0, 0.1) is 5.92 Å². The maximum Gasteiger partial charge on any atom is 0.253 e. The predicted octanol–water partition coefficient (Wildman–Crippen LogP) is 8.89. The first-order chi connectivity index (χ1) is 20.5. The van der Waals surface area contributed by atoms with Crippen LogP contribution in [0.2, 0.25) is 0 Å². The van der Waals surface area contributed by atoms with Crippen molar-refractivity contribution in [2.45, 2.75) is 167 Å². The molecular formula is C37H67NO4. The highest BCUT2D eigenvalue weighted by atomic mass is 16.3. The molecule has 0 aliphatic carbocycles. The molecule has 5 heteroatoms. The van der Waals surface area contributed by atoms with E-state index in [9.17, 15) is 20.1 Å². The molecule has 42 heavy (non-hydrogen) atoms. The summed E-state index contributed by atoms with van der Waals surface area (Å²) in [5.74, 6) is 0.268. The maximum absolute atomic E-state index is 12.3. The molecule has 1 unspecified atom stereocenters. The molecule has 0 aromatic carbocycles. The number of aliphatic hydroxyl groups is 3. The Morgan fingerprint density at radius 3 is 1.79 bits per heavy atom. The molecule has 0 heterocycles. The maximum atomic E-state index is 12.3. The first-order valence-corrected chi connectivity index (χ1v) is 17.4. The van der Waals surface area contributed by atoms with E-state index in [4.69, 9.17) is 0 Å². The number of carbonyl (C=O) groups is 1. The minimum Gasteiger partial charge on any atom is -0.394 e. The predicted molar refractivity (Wildman–Crippen MR) is 180 cm³/mol. The number of allylic oxidation sites excluding steroid dienone is 6. The van der Waals surface area contributed by atoms with E-state index in [1.54, 1.807) is 6.08 Å². The summed E-state index contributed by atoms with van der Waals surface area (Å²) < 4.78 is 0. The van der Waals surface area contributed by atoms with Crippen molar-refractivity contribution in [3.8, 4) is 0 Å². The number of unbranched alkanes of at least 4 members (excludes halogenated alkanes) is 14. The van der Waals surface area contributed by atoms with Gasteiger partial charge >= 0.3 is 0 Å². The molecule has 0 spiro atoms. The number of amides is 1. The van der Waals surface area contributed by atoms with E-state index in [2.05, 4.69) is 50.4 Å². The lowest BCUT2D eigenvalue weighted by Crippen LogP contribution is -2.48. The van der Waals surface area contributed by atoms with E-state index >= 15 is 0 Å². The largest absolute Gasteiger partial charge is 0.394 e. The second-order valence-electron chi connectivity index (χ2n) is 12.0. The molecular weight excluding hydrogens is 522 g/mol. The molecule has 0 aromatic rings. The fourth-order valence-corrected chi connectivity index (χ4v) is 5.05. The smallest absolute Gasteiger partial charge is 0.253 e. The molecule has 5 nitrogen and oxygen atoms in total. The van der Waals surface area contributed by atoms with E-state index < -0.39 is 30.8 Å². The standard InChI is InChI=1S/C37H67NO4/c1-4-6-7-8-9-10-11-12-13-17-20-23-26-30-35(40)34(32-39)38-37(42)36(41)31-27-24-21-18-15-14-16-19-22-25-29-33(3)28-5-2/h11-13,17,26-27,30-31,33-36,39-41H,4-10,14-16,18-25,28-29,32H2,1-3H3,(H,38,42)/b12-11+,17-13+,30-26+,31-27+/t33?,34-,35+,36+/m0/s1. The Morgan fingerprint density at radius 1 is 0.643 bits per heavy atom. The molecule has 0 fully saturated rings. The summed E-state index contributed by atoms with van der Waals surface area (Å²) in [6.45, 7) is 6.46. The van der Waals surface area contributed by atoms with Gasteiger partial charge < -0.3 is 20.6 Å². The van der Waals surface area contributed by atoms with E-state index in [0.29, 0.717) is 0 Å². The number of carbonyl (C=O) groups excluding carboxylic acids is 1. The Labute approximate surface area is 259 Å². The van der Waals surface area contributed by atoms with Crippen LogP contribution in [-0.2, 0) is 4.79 Å². The molecule has 0 radical (unpaired) electrons. The van der Waals surface area contributed by atoms with Gasteiger partial charge in [-0.1, -0.05) is 159 Å². The molecule has 0 saturated heterocycles. The molecule has 0 bridgehead atoms. The van der Waals surface area contributed by atoms with E-state index in [-0.39, 0.29) is 0 Å². The third kappa shape index (κ3) is 26.0. The highest BCUT2D eigenvalue weighted by Crippen LogP contribution is 2.16. The Bertz CT molecular complexity index is 715. The lowest BCUT2D eigenvalue weighted by Gasteiger charge is -2.20. The molecule has 4 atom stereocenters. The van der Waals surface area contributed by atoms with Gasteiger partial charge in [-0.15, -0.1) is 0 Å². The van der Waals surface area contributed by atoms with Gasteiger partial charge in [-0.3, -0.25) is 4.79 Å². The second-order valence-corrected chi connectivity index (χ2v) is 12.0. The van der Waals surface area contributed by atoms with E-state index in [1.807, 2.05) is 12.2 Å². The van der Waals surface area contributed by atoms with Gasteiger partial charge in [0.2, 0.25) is 0 Å². The van der Waals surface area contributed by atoms with Crippen LogP contribution in [0.1, 0.15) is 149 Å². The van der Waals surface area contributed by atoms with Crippen molar-refractivity contribution in [2.75, 3.05) is 6.61 Å². The molecule has 0 rings (SSSR count). The summed E-state index contributed by atoms with van der Waals surface area (Å²) in [4.78, 5) is 12.3. The van der Waals surface area contributed by atoms with Gasteiger partial charge in [0.15, 0.2) is 6.10 Å². The minimum atomic E-state index is -1.29. The van der Waals surface area contributed by atoms with Crippen LogP contribution in [0.4, 0.5) is 0 Å². The quantitative estimate of drug-likeness (QED) is 0.0398. The number of hydrogen-bond donors (Lipinski definition) is 4. The second kappa shape index (κ2) is 30.8. The number of aliphatic hydroxyl groups excluding tert-OH is 3. The van der Waals surface area contributed by atoms with Crippen LogP contribution >= 0.6 is 0 Å². The Balaban J connectivity index is 3.96. The number of rotatable bonds is 29. The van der Waals surface area contributed by atoms with Gasteiger partial charge in [0.25, 0.3) is 5.91 Å². The summed E-state index contributed by atoms with van der Waals surface area (Å²) in [7, 11) is 0. The van der Waals surface area contributed by atoms with Gasteiger partial charge in [-0.2, -0.15) is 0 Å². The van der Waals surface area contributed by atoms with Crippen LogP contribution in [-0.4, -0.2) is 46.1 Å². The molecule has 0 aromatic heterocycles. The van der Waals surface area contributed by atoms with Crippen LogP contribution in [0.3, 0.4) is 0 Å². The first-order valence-electron chi connectivity index (χ1n) is 17.4.